The lowest BCUT2D eigenvalue weighted by molar-refractivity contribution is -0.0786. The highest BCUT2D eigenvalue weighted by atomic mass is 35.5. The topological polar surface area (TPSA) is 82.8 Å². The number of aromatic nitrogens is 1. The van der Waals surface area contributed by atoms with E-state index >= 15 is 0 Å². The van der Waals surface area contributed by atoms with Gasteiger partial charge in [-0.1, -0.05) is 23.7 Å². The molecule has 4 atom stereocenters. The third-order valence-electron chi connectivity index (χ3n) is 3.60. The molecule has 1 aromatic heterocycles. The molecule has 23 heavy (non-hydrogen) atoms. The number of pyridine rings is 1. The minimum atomic E-state index is -1.21. The number of benzene rings is 1. The maximum absolute atomic E-state index is 10.0. The zero-order valence-corrected chi connectivity index (χ0v) is 13.6. The zero-order valence-electron chi connectivity index (χ0n) is 12.0. The molecular formula is C16H16ClNO4S. The molecule has 1 saturated heterocycles. The van der Waals surface area contributed by atoms with E-state index in [0.717, 1.165) is 11.1 Å². The molecule has 0 radical (unpaired) electrons. The Morgan fingerprint density at radius 2 is 1.87 bits per heavy atom. The number of rotatable bonds is 3. The van der Waals surface area contributed by atoms with Crippen molar-refractivity contribution in [2.45, 2.75) is 23.7 Å². The molecule has 0 aliphatic carbocycles. The number of aliphatic hydroxyl groups is 3. The van der Waals surface area contributed by atoms with Gasteiger partial charge in [-0.3, -0.25) is 0 Å². The first-order valence-corrected chi connectivity index (χ1v) is 8.52. The van der Waals surface area contributed by atoms with Gasteiger partial charge >= 0.3 is 0 Å². The number of hydrogen-bond acceptors (Lipinski definition) is 6. The number of thioether (sulfide) groups is 1. The fraction of sp³-hybridized carbons (Fsp3) is 0.312. The van der Waals surface area contributed by atoms with Crippen molar-refractivity contribution in [3.63, 3.8) is 0 Å². The van der Waals surface area contributed by atoms with E-state index in [1.807, 2.05) is 24.3 Å². The summed E-state index contributed by atoms with van der Waals surface area (Å²) in [5.41, 5.74) is 1.18. The van der Waals surface area contributed by atoms with Crippen molar-refractivity contribution < 1.29 is 20.1 Å². The number of aliphatic hydroxyl groups excluding tert-OH is 3. The Hall–Kier alpha value is -1.31. The van der Waals surface area contributed by atoms with Crippen molar-refractivity contribution in [3.8, 4) is 16.9 Å². The van der Waals surface area contributed by atoms with E-state index in [2.05, 4.69) is 4.98 Å². The van der Waals surface area contributed by atoms with Crippen molar-refractivity contribution in [3.05, 3.63) is 47.7 Å². The highest BCUT2D eigenvalue weighted by Gasteiger charge is 2.38. The fourth-order valence-electron chi connectivity index (χ4n) is 2.35. The lowest BCUT2D eigenvalue weighted by Gasteiger charge is -2.34. The monoisotopic (exact) mass is 353 g/mol. The lowest BCUT2D eigenvalue weighted by Crippen LogP contribution is -2.50. The second-order valence-corrected chi connectivity index (χ2v) is 6.78. The lowest BCUT2D eigenvalue weighted by atomic mass is 10.1. The molecule has 0 saturated carbocycles. The van der Waals surface area contributed by atoms with Crippen LogP contribution in [0.15, 0.2) is 42.6 Å². The third kappa shape index (κ3) is 3.79. The number of halogens is 1. The van der Waals surface area contributed by atoms with Crippen LogP contribution >= 0.6 is 23.4 Å². The van der Waals surface area contributed by atoms with E-state index in [9.17, 15) is 15.3 Å². The van der Waals surface area contributed by atoms with Crippen molar-refractivity contribution in [2.24, 2.45) is 0 Å². The molecule has 3 N–H and O–H groups in total. The SMILES string of the molecule is O[C@@H]1[C@@H](O)[C@@H](Oc2cccc(-c3ccnc(Cl)c3)c2)SC[C@H]1O. The third-order valence-corrected chi connectivity index (χ3v) is 5.04. The average molecular weight is 354 g/mol. The molecule has 0 amide bonds. The Morgan fingerprint density at radius 1 is 1.09 bits per heavy atom. The van der Waals surface area contributed by atoms with E-state index in [4.69, 9.17) is 16.3 Å². The van der Waals surface area contributed by atoms with Crippen LogP contribution in [0.5, 0.6) is 5.75 Å². The first-order valence-electron chi connectivity index (χ1n) is 7.09. The molecule has 2 aromatic rings. The predicted octanol–water partition coefficient (Wildman–Crippen LogP) is 1.94. The summed E-state index contributed by atoms with van der Waals surface area (Å²) >= 11 is 7.18. The Bertz CT molecular complexity index is 687. The van der Waals surface area contributed by atoms with Crippen LogP contribution in [-0.4, -0.2) is 49.8 Å². The van der Waals surface area contributed by atoms with Crippen LogP contribution in [0.4, 0.5) is 0 Å². The first kappa shape index (κ1) is 16.5. The van der Waals surface area contributed by atoms with Crippen molar-refractivity contribution >= 4 is 23.4 Å². The average Bonchev–Trinajstić information content (AvgIpc) is 2.56. The van der Waals surface area contributed by atoms with Crippen LogP contribution in [0.2, 0.25) is 5.15 Å². The van der Waals surface area contributed by atoms with Gasteiger partial charge in [-0.15, -0.1) is 11.8 Å². The second-order valence-electron chi connectivity index (χ2n) is 5.26. The van der Waals surface area contributed by atoms with E-state index in [-0.39, 0.29) is 0 Å². The van der Waals surface area contributed by atoms with Crippen LogP contribution < -0.4 is 4.74 Å². The maximum atomic E-state index is 10.0. The summed E-state index contributed by atoms with van der Waals surface area (Å²) in [7, 11) is 0. The molecule has 7 heteroatoms. The highest BCUT2D eigenvalue weighted by Crippen LogP contribution is 2.31. The van der Waals surface area contributed by atoms with Gasteiger partial charge in [-0.25, -0.2) is 4.98 Å². The quantitative estimate of drug-likeness (QED) is 0.731. The molecule has 2 heterocycles. The van der Waals surface area contributed by atoms with Gasteiger partial charge in [0.05, 0.1) is 6.10 Å². The van der Waals surface area contributed by atoms with E-state index in [1.54, 1.807) is 18.3 Å². The van der Waals surface area contributed by atoms with Crippen LogP contribution in [0.1, 0.15) is 0 Å². The van der Waals surface area contributed by atoms with Gasteiger partial charge in [-0.2, -0.15) is 0 Å². The van der Waals surface area contributed by atoms with E-state index in [1.165, 1.54) is 11.8 Å². The summed E-state index contributed by atoms with van der Waals surface area (Å²) in [6.45, 7) is 0. The highest BCUT2D eigenvalue weighted by molar-refractivity contribution is 7.99. The smallest absolute Gasteiger partial charge is 0.173 e. The van der Waals surface area contributed by atoms with Gasteiger partial charge in [0.1, 0.15) is 23.1 Å². The number of ether oxygens (including phenoxy) is 1. The summed E-state index contributed by atoms with van der Waals surface area (Å²) in [6, 6.07) is 11.0. The Labute approximate surface area is 142 Å². The van der Waals surface area contributed by atoms with Crippen LogP contribution in [0, 0.1) is 0 Å². The van der Waals surface area contributed by atoms with Gasteiger partial charge in [-0.05, 0) is 35.4 Å². The molecule has 1 aromatic carbocycles. The summed E-state index contributed by atoms with van der Waals surface area (Å²) in [5.74, 6) is 0.873. The van der Waals surface area contributed by atoms with Crippen molar-refractivity contribution in [2.75, 3.05) is 5.75 Å². The van der Waals surface area contributed by atoms with Crippen LogP contribution in [0.25, 0.3) is 11.1 Å². The minimum absolute atomic E-state index is 0.308. The van der Waals surface area contributed by atoms with Gasteiger partial charge in [0.15, 0.2) is 5.44 Å². The van der Waals surface area contributed by atoms with Crippen molar-refractivity contribution in [1.29, 1.82) is 0 Å². The summed E-state index contributed by atoms with van der Waals surface area (Å²) in [6.07, 6.45) is -1.67. The molecule has 122 valence electrons. The molecule has 0 bridgehead atoms. The summed E-state index contributed by atoms with van der Waals surface area (Å²) in [4.78, 5) is 3.95. The van der Waals surface area contributed by atoms with Crippen molar-refractivity contribution in [1.82, 2.24) is 4.98 Å². The fourth-order valence-corrected chi connectivity index (χ4v) is 3.64. The normalized spacial score (nSPS) is 27.7. The van der Waals surface area contributed by atoms with Crippen LogP contribution in [-0.2, 0) is 0 Å². The van der Waals surface area contributed by atoms with Gasteiger partial charge in [0.25, 0.3) is 0 Å². The molecular weight excluding hydrogens is 338 g/mol. The van der Waals surface area contributed by atoms with Crippen LogP contribution in [0.3, 0.4) is 0 Å². The standard InChI is InChI=1S/C16H16ClNO4S/c17-13-7-10(4-5-18-13)9-2-1-3-11(6-9)22-16-15(21)14(20)12(19)8-23-16/h1-7,12,14-16,19-21H,8H2/t12-,14+,15-,16+/m1/s1. The summed E-state index contributed by atoms with van der Waals surface area (Å²) in [5, 5.41) is 29.7. The summed E-state index contributed by atoms with van der Waals surface area (Å²) < 4.78 is 5.77. The maximum Gasteiger partial charge on any atom is 0.173 e. The zero-order chi connectivity index (χ0) is 16.4. The molecule has 5 nitrogen and oxygen atoms in total. The molecule has 1 aliphatic heterocycles. The Morgan fingerprint density at radius 3 is 2.65 bits per heavy atom. The molecule has 1 aliphatic rings. The predicted molar refractivity (Wildman–Crippen MR) is 89.6 cm³/mol. The van der Waals surface area contributed by atoms with E-state index in [0.29, 0.717) is 16.7 Å². The molecule has 1 fully saturated rings. The van der Waals surface area contributed by atoms with Gasteiger partial charge < -0.3 is 20.1 Å². The molecule has 3 rings (SSSR count). The van der Waals surface area contributed by atoms with Gasteiger partial charge in [0, 0.05) is 11.9 Å². The second kappa shape index (κ2) is 7.07. The molecule has 0 spiro atoms. The van der Waals surface area contributed by atoms with E-state index < -0.39 is 23.7 Å². The Kier molecular flexibility index (Phi) is 5.08. The largest absolute Gasteiger partial charge is 0.477 e. The molecule has 0 unspecified atom stereocenters. The van der Waals surface area contributed by atoms with Gasteiger partial charge in [0.2, 0.25) is 0 Å². The first-order chi connectivity index (χ1) is 11.0. The number of nitrogens with zero attached hydrogens (tertiary/aromatic N) is 1. The number of hydrogen-bond donors (Lipinski definition) is 3. The minimum Gasteiger partial charge on any atom is -0.477 e. The Balaban J connectivity index is 1.78.